The van der Waals surface area contributed by atoms with Crippen LogP contribution < -0.4 is 10.2 Å². The fourth-order valence-electron chi connectivity index (χ4n) is 3.51. The Morgan fingerprint density at radius 2 is 2.00 bits per heavy atom. The van der Waals surface area contributed by atoms with E-state index in [9.17, 15) is 0 Å². The molecule has 3 rings (SSSR count). The molecule has 5 nitrogen and oxygen atoms in total. The summed E-state index contributed by atoms with van der Waals surface area (Å²) in [6.45, 7) is 13.0. The normalized spacial score (nSPS) is 16.6. The predicted molar refractivity (Wildman–Crippen MR) is 100 cm³/mol. The molecule has 0 unspecified atom stereocenters. The van der Waals surface area contributed by atoms with E-state index in [4.69, 9.17) is 4.74 Å². The van der Waals surface area contributed by atoms with Crippen LogP contribution in [0, 0.1) is 20.8 Å². The summed E-state index contributed by atoms with van der Waals surface area (Å²) in [6, 6.07) is 2.64. The molecule has 1 fully saturated rings. The highest BCUT2D eigenvalue weighted by Gasteiger charge is 2.22. The van der Waals surface area contributed by atoms with Gasteiger partial charge in [0.2, 0.25) is 0 Å². The van der Waals surface area contributed by atoms with Crippen LogP contribution in [0.4, 0.5) is 5.82 Å². The van der Waals surface area contributed by atoms with E-state index in [1.54, 1.807) is 0 Å². The number of morpholine rings is 1. The summed E-state index contributed by atoms with van der Waals surface area (Å²) >= 11 is 1.87. The van der Waals surface area contributed by atoms with Gasteiger partial charge in [0.25, 0.3) is 0 Å². The summed E-state index contributed by atoms with van der Waals surface area (Å²) in [5, 5.41) is 8.35. The maximum atomic E-state index is 5.49. The number of ether oxygens (including phenoxy) is 1. The van der Waals surface area contributed by atoms with Gasteiger partial charge in [0.15, 0.2) is 0 Å². The van der Waals surface area contributed by atoms with Crippen molar-refractivity contribution >= 4 is 17.2 Å². The van der Waals surface area contributed by atoms with Gasteiger partial charge < -0.3 is 15.0 Å². The third kappa shape index (κ3) is 3.50. The lowest BCUT2D eigenvalue weighted by Gasteiger charge is -2.30. The minimum atomic E-state index is 0.340. The highest BCUT2D eigenvalue weighted by atomic mass is 32.1. The Bertz CT molecular complexity index is 700. The molecule has 6 heteroatoms. The summed E-state index contributed by atoms with van der Waals surface area (Å²) in [5.41, 5.74) is 3.82. The van der Waals surface area contributed by atoms with Crippen LogP contribution in [0.2, 0.25) is 0 Å². The van der Waals surface area contributed by atoms with Crippen LogP contribution in [0.1, 0.15) is 39.5 Å². The van der Waals surface area contributed by atoms with Crippen molar-refractivity contribution in [2.75, 3.05) is 31.2 Å². The summed E-state index contributed by atoms with van der Waals surface area (Å²) in [6.07, 6.45) is 0. The Kier molecular flexibility index (Phi) is 5.27. The van der Waals surface area contributed by atoms with Gasteiger partial charge in [-0.25, -0.2) is 0 Å². The van der Waals surface area contributed by atoms with E-state index in [0.29, 0.717) is 6.04 Å². The van der Waals surface area contributed by atoms with Crippen LogP contribution >= 0.6 is 11.3 Å². The van der Waals surface area contributed by atoms with Gasteiger partial charge in [-0.2, -0.15) is 5.10 Å². The minimum Gasteiger partial charge on any atom is -0.378 e. The molecular formula is C18H28N4OS. The van der Waals surface area contributed by atoms with Crippen LogP contribution in [0.15, 0.2) is 6.07 Å². The molecule has 0 aliphatic carbocycles. The first kappa shape index (κ1) is 17.5. The maximum absolute atomic E-state index is 5.49. The minimum absolute atomic E-state index is 0.340. The summed E-state index contributed by atoms with van der Waals surface area (Å²) < 4.78 is 7.51. The molecule has 132 valence electrons. The predicted octanol–water partition coefficient (Wildman–Crippen LogP) is 3.09. The van der Waals surface area contributed by atoms with Crippen molar-refractivity contribution in [1.29, 1.82) is 0 Å². The Hall–Kier alpha value is -1.37. The first-order valence-electron chi connectivity index (χ1n) is 8.63. The molecule has 3 heterocycles. The molecule has 0 radical (unpaired) electrons. The summed E-state index contributed by atoms with van der Waals surface area (Å²) in [5.74, 6) is 1.23. The monoisotopic (exact) mass is 348 g/mol. The highest BCUT2D eigenvalue weighted by Crippen LogP contribution is 2.28. The van der Waals surface area contributed by atoms with Gasteiger partial charge in [-0.15, -0.1) is 11.3 Å². The fraction of sp³-hybridized carbons (Fsp3) is 0.611. The van der Waals surface area contributed by atoms with E-state index in [2.05, 4.69) is 49.1 Å². The second-order valence-corrected chi connectivity index (χ2v) is 8.04. The van der Waals surface area contributed by atoms with Crippen molar-refractivity contribution in [2.24, 2.45) is 7.05 Å². The van der Waals surface area contributed by atoms with E-state index in [-0.39, 0.29) is 0 Å². The third-order valence-electron chi connectivity index (χ3n) is 4.75. The van der Waals surface area contributed by atoms with Crippen molar-refractivity contribution in [2.45, 2.75) is 40.3 Å². The first-order valence-corrected chi connectivity index (χ1v) is 9.44. The van der Waals surface area contributed by atoms with E-state index < -0.39 is 0 Å². The van der Waals surface area contributed by atoms with E-state index in [0.717, 1.165) is 38.5 Å². The van der Waals surface area contributed by atoms with Crippen LogP contribution in [0.3, 0.4) is 0 Å². The molecule has 0 saturated carbocycles. The standard InChI is InChI=1S/C18H28N4OS/c1-12-10-16(15(4)24-12)13(2)19-11-17-14(3)20-21(5)18(17)22-6-8-23-9-7-22/h10,13,19H,6-9,11H2,1-5H3/t13-/m1/s1. The number of anilines is 1. The van der Waals surface area contributed by atoms with Crippen molar-refractivity contribution in [1.82, 2.24) is 15.1 Å². The average Bonchev–Trinajstić information content (AvgIpc) is 3.03. The molecule has 2 aromatic heterocycles. The lowest BCUT2D eigenvalue weighted by atomic mass is 10.1. The number of hydrogen-bond donors (Lipinski definition) is 1. The quantitative estimate of drug-likeness (QED) is 0.902. The number of rotatable bonds is 5. The lowest BCUT2D eigenvalue weighted by molar-refractivity contribution is 0.122. The van der Waals surface area contributed by atoms with Gasteiger partial charge in [-0.3, -0.25) is 4.68 Å². The van der Waals surface area contributed by atoms with Crippen molar-refractivity contribution < 1.29 is 4.74 Å². The zero-order valence-electron chi connectivity index (χ0n) is 15.3. The molecule has 0 amide bonds. The zero-order chi connectivity index (χ0) is 17.3. The van der Waals surface area contributed by atoms with Gasteiger partial charge >= 0.3 is 0 Å². The molecule has 1 atom stereocenters. The van der Waals surface area contributed by atoms with Crippen LogP contribution in [0.5, 0.6) is 0 Å². The molecule has 0 bridgehead atoms. The Balaban J connectivity index is 1.76. The second-order valence-electron chi connectivity index (χ2n) is 6.58. The van der Waals surface area contributed by atoms with Gasteiger partial charge in [0, 0.05) is 48.0 Å². The molecule has 1 aliphatic heterocycles. The molecule has 1 saturated heterocycles. The maximum Gasteiger partial charge on any atom is 0.131 e. The third-order valence-corrected chi connectivity index (χ3v) is 5.74. The molecule has 24 heavy (non-hydrogen) atoms. The first-order chi connectivity index (χ1) is 11.5. The fourth-order valence-corrected chi connectivity index (χ4v) is 4.54. The number of hydrogen-bond acceptors (Lipinski definition) is 5. The Morgan fingerprint density at radius 1 is 1.29 bits per heavy atom. The van der Waals surface area contributed by atoms with E-state index in [1.165, 1.54) is 26.7 Å². The second kappa shape index (κ2) is 7.25. The van der Waals surface area contributed by atoms with Crippen LogP contribution in [-0.2, 0) is 18.3 Å². The summed E-state index contributed by atoms with van der Waals surface area (Å²) in [7, 11) is 2.04. The molecule has 0 aromatic carbocycles. The number of aromatic nitrogens is 2. The number of nitrogens with one attached hydrogen (secondary N) is 1. The smallest absolute Gasteiger partial charge is 0.131 e. The Morgan fingerprint density at radius 3 is 2.62 bits per heavy atom. The molecule has 1 N–H and O–H groups in total. The van der Waals surface area contributed by atoms with Gasteiger partial charge in [0.05, 0.1) is 18.9 Å². The highest BCUT2D eigenvalue weighted by molar-refractivity contribution is 7.12. The van der Waals surface area contributed by atoms with Crippen LogP contribution in [-0.4, -0.2) is 36.1 Å². The lowest BCUT2D eigenvalue weighted by Crippen LogP contribution is -2.38. The van der Waals surface area contributed by atoms with Gasteiger partial charge in [0.1, 0.15) is 5.82 Å². The molecule has 0 spiro atoms. The van der Waals surface area contributed by atoms with Gasteiger partial charge in [-0.05, 0) is 39.3 Å². The number of thiophene rings is 1. The molecular weight excluding hydrogens is 320 g/mol. The zero-order valence-corrected chi connectivity index (χ0v) is 16.2. The SMILES string of the molecule is Cc1cc([C@@H](C)NCc2c(C)nn(C)c2N2CCOCC2)c(C)s1. The number of nitrogens with zero attached hydrogens (tertiary/aromatic N) is 3. The molecule has 1 aliphatic rings. The topological polar surface area (TPSA) is 42.3 Å². The molecule has 2 aromatic rings. The number of aryl methyl sites for hydroxylation is 4. The van der Waals surface area contributed by atoms with Crippen molar-refractivity contribution in [3.05, 3.63) is 32.6 Å². The van der Waals surface area contributed by atoms with E-state index in [1.807, 2.05) is 23.1 Å². The van der Waals surface area contributed by atoms with E-state index >= 15 is 0 Å². The van der Waals surface area contributed by atoms with Crippen LogP contribution in [0.25, 0.3) is 0 Å². The Labute approximate surface area is 148 Å². The van der Waals surface area contributed by atoms with Gasteiger partial charge in [-0.1, -0.05) is 0 Å². The van der Waals surface area contributed by atoms with Crippen molar-refractivity contribution in [3.63, 3.8) is 0 Å². The largest absolute Gasteiger partial charge is 0.378 e. The van der Waals surface area contributed by atoms with Crippen molar-refractivity contribution in [3.8, 4) is 0 Å². The summed E-state index contributed by atoms with van der Waals surface area (Å²) in [4.78, 5) is 5.18. The average molecular weight is 349 g/mol.